The maximum atomic E-state index is 11.2. The smallest absolute Gasteiger partial charge is 0.0737 e. The second-order valence-corrected chi connectivity index (χ2v) is 7.89. The minimum atomic E-state index is -0.467. The number of aromatic nitrogens is 2. The molecule has 116 valence electrons. The molecule has 3 fully saturated rings. The van der Waals surface area contributed by atoms with E-state index in [9.17, 15) is 5.11 Å². The Hall–Kier alpha value is -0.830. The Labute approximate surface area is 127 Å². The van der Waals surface area contributed by atoms with Crippen molar-refractivity contribution in [2.45, 2.75) is 70.4 Å². The zero-order chi connectivity index (χ0) is 14.6. The van der Waals surface area contributed by atoms with E-state index >= 15 is 0 Å². The second kappa shape index (κ2) is 4.84. The molecule has 21 heavy (non-hydrogen) atoms. The van der Waals surface area contributed by atoms with Crippen molar-refractivity contribution in [2.24, 2.45) is 23.7 Å². The van der Waals surface area contributed by atoms with Gasteiger partial charge in [-0.05, 0) is 68.8 Å². The Kier molecular flexibility index (Phi) is 3.18. The molecule has 3 aliphatic rings. The lowest BCUT2D eigenvalue weighted by molar-refractivity contribution is -0.0458. The van der Waals surface area contributed by atoms with Crippen LogP contribution in [0.1, 0.15) is 64.1 Å². The van der Waals surface area contributed by atoms with E-state index in [1.54, 1.807) is 0 Å². The molecule has 6 atom stereocenters. The first-order valence-electron chi connectivity index (χ1n) is 8.87. The van der Waals surface area contributed by atoms with Crippen LogP contribution < -0.4 is 0 Å². The third-order valence-electron chi connectivity index (χ3n) is 6.80. The summed E-state index contributed by atoms with van der Waals surface area (Å²) in [6, 6.07) is 2.56. The highest BCUT2D eigenvalue weighted by molar-refractivity contribution is 5.15. The topological polar surface area (TPSA) is 38.0 Å². The summed E-state index contributed by atoms with van der Waals surface area (Å²) in [6.07, 6.45) is 10.4. The minimum absolute atomic E-state index is 0.452. The molecule has 3 saturated carbocycles. The van der Waals surface area contributed by atoms with Crippen molar-refractivity contribution in [3.8, 4) is 0 Å². The van der Waals surface area contributed by atoms with Gasteiger partial charge in [-0.3, -0.25) is 4.68 Å². The van der Waals surface area contributed by atoms with E-state index in [0.717, 1.165) is 42.7 Å². The number of fused-ring (bicyclic) bond motifs is 5. The molecule has 0 spiro atoms. The van der Waals surface area contributed by atoms with Gasteiger partial charge < -0.3 is 5.11 Å². The van der Waals surface area contributed by atoms with Gasteiger partial charge in [0, 0.05) is 18.7 Å². The molecule has 0 saturated heterocycles. The predicted octanol–water partition coefficient (Wildman–Crippen LogP) is 3.58. The molecule has 1 aromatic heterocycles. The molecule has 3 aliphatic carbocycles. The number of hydrogen-bond acceptors (Lipinski definition) is 2. The van der Waals surface area contributed by atoms with Gasteiger partial charge in [-0.1, -0.05) is 13.3 Å². The predicted molar refractivity (Wildman–Crippen MR) is 82.9 cm³/mol. The summed E-state index contributed by atoms with van der Waals surface area (Å²) in [5.41, 5.74) is 0.616. The summed E-state index contributed by atoms with van der Waals surface area (Å²) in [7, 11) is 0. The Balaban J connectivity index is 1.51. The van der Waals surface area contributed by atoms with Gasteiger partial charge in [0.2, 0.25) is 0 Å². The van der Waals surface area contributed by atoms with Gasteiger partial charge in [0.15, 0.2) is 0 Å². The largest absolute Gasteiger partial charge is 0.389 e. The third-order valence-corrected chi connectivity index (χ3v) is 6.80. The van der Waals surface area contributed by atoms with E-state index < -0.39 is 5.60 Å². The first-order valence-corrected chi connectivity index (χ1v) is 8.87. The van der Waals surface area contributed by atoms with Gasteiger partial charge in [-0.25, -0.2) is 0 Å². The normalized spacial score (nSPS) is 42.4. The Morgan fingerprint density at radius 1 is 1.43 bits per heavy atom. The molecule has 1 N–H and O–H groups in total. The van der Waals surface area contributed by atoms with Crippen molar-refractivity contribution in [1.82, 2.24) is 9.78 Å². The molecule has 2 bridgehead atoms. The number of aliphatic hydroxyl groups is 1. The van der Waals surface area contributed by atoms with Crippen molar-refractivity contribution >= 4 is 0 Å². The van der Waals surface area contributed by atoms with Crippen molar-refractivity contribution in [3.05, 3.63) is 18.0 Å². The molecule has 1 heterocycles. The van der Waals surface area contributed by atoms with E-state index in [0.29, 0.717) is 12.0 Å². The third kappa shape index (κ3) is 2.08. The van der Waals surface area contributed by atoms with E-state index in [1.807, 2.05) is 0 Å². The van der Waals surface area contributed by atoms with Gasteiger partial charge in [-0.2, -0.15) is 5.10 Å². The zero-order valence-electron chi connectivity index (χ0n) is 13.3. The first-order chi connectivity index (χ1) is 10.1. The van der Waals surface area contributed by atoms with Gasteiger partial charge in [0.1, 0.15) is 0 Å². The maximum absolute atomic E-state index is 11.2. The molecule has 3 heteroatoms. The highest BCUT2D eigenvalue weighted by Crippen LogP contribution is 2.62. The van der Waals surface area contributed by atoms with Crippen LogP contribution >= 0.6 is 0 Å². The van der Waals surface area contributed by atoms with Crippen molar-refractivity contribution in [1.29, 1.82) is 0 Å². The van der Waals surface area contributed by atoms with Gasteiger partial charge >= 0.3 is 0 Å². The lowest BCUT2D eigenvalue weighted by atomic mass is 9.71. The van der Waals surface area contributed by atoms with Crippen molar-refractivity contribution in [3.63, 3.8) is 0 Å². The van der Waals surface area contributed by atoms with Crippen LogP contribution in [0.2, 0.25) is 0 Å². The zero-order valence-corrected chi connectivity index (χ0v) is 13.3. The molecule has 4 rings (SSSR count). The molecule has 1 aromatic rings. The molecular weight excluding hydrogens is 260 g/mol. The summed E-state index contributed by atoms with van der Waals surface area (Å²) in [4.78, 5) is 0. The van der Waals surface area contributed by atoms with E-state index in [4.69, 9.17) is 5.10 Å². The Morgan fingerprint density at radius 3 is 3.05 bits per heavy atom. The Morgan fingerprint density at radius 2 is 2.24 bits per heavy atom. The number of nitrogens with zero attached hydrogens (tertiary/aromatic N) is 2. The van der Waals surface area contributed by atoms with Crippen LogP contribution in [0.3, 0.4) is 0 Å². The van der Waals surface area contributed by atoms with Gasteiger partial charge in [-0.15, -0.1) is 0 Å². The quantitative estimate of drug-likeness (QED) is 0.919. The van der Waals surface area contributed by atoms with Crippen LogP contribution in [-0.2, 0) is 6.42 Å². The fourth-order valence-electron chi connectivity index (χ4n) is 5.66. The van der Waals surface area contributed by atoms with Crippen LogP contribution in [0.15, 0.2) is 12.3 Å². The molecule has 3 nitrogen and oxygen atoms in total. The monoisotopic (exact) mass is 288 g/mol. The number of hydrogen-bond donors (Lipinski definition) is 1. The van der Waals surface area contributed by atoms with Crippen LogP contribution in [0.5, 0.6) is 0 Å². The van der Waals surface area contributed by atoms with Crippen LogP contribution in [0.25, 0.3) is 0 Å². The standard InChI is InChI=1S/C18H28N2O/c1-3-12(2)20-8-7-14(19-20)11-18(21)10-13-9-17(18)16-6-4-5-15(13)16/h7-8,12-13,15-17,21H,3-6,9-11H2,1-2H3. The van der Waals surface area contributed by atoms with Gasteiger partial charge in [0.25, 0.3) is 0 Å². The van der Waals surface area contributed by atoms with E-state index in [2.05, 4.69) is 30.8 Å². The summed E-state index contributed by atoms with van der Waals surface area (Å²) < 4.78 is 2.06. The van der Waals surface area contributed by atoms with Gasteiger partial charge in [0.05, 0.1) is 11.3 Å². The SMILES string of the molecule is CCC(C)n1ccc(CC2(O)CC3CC2C2CCCC32)n1. The second-order valence-electron chi connectivity index (χ2n) is 7.89. The molecule has 6 unspecified atom stereocenters. The fourth-order valence-corrected chi connectivity index (χ4v) is 5.66. The molecule has 0 radical (unpaired) electrons. The fraction of sp³-hybridized carbons (Fsp3) is 0.833. The summed E-state index contributed by atoms with van der Waals surface area (Å²) in [6.45, 7) is 4.39. The maximum Gasteiger partial charge on any atom is 0.0737 e. The Bertz CT molecular complexity index is 525. The van der Waals surface area contributed by atoms with Crippen LogP contribution in [0, 0.1) is 23.7 Å². The number of rotatable bonds is 4. The average Bonchev–Trinajstić information content (AvgIpc) is 3.17. The minimum Gasteiger partial charge on any atom is -0.389 e. The van der Waals surface area contributed by atoms with E-state index in [-0.39, 0.29) is 0 Å². The lowest BCUT2D eigenvalue weighted by Crippen LogP contribution is -2.43. The molecule has 0 amide bonds. The van der Waals surface area contributed by atoms with Crippen molar-refractivity contribution < 1.29 is 5.11 Å². The molecule has 0 aromatic carbocycles. The lowest BCUT2D eigenvalue weighted by Gasteiger charge is -2.38. The van der Waals surface area contributed by atoms with Crippen LogP contribution in [-0.4, -0.2) is 20.5 Å². The average molecular weight is 288 g/mol. The highest BCUT2D eigenvalue weighted by atomic mass is 16.3. The first kappa shape index (κ1) is 13.8. The van der Waals surface area contributed by atoms with E-state index in [1.165, 1.54) is 25.7 Å². The molecular formula is C18H28N2O. The highest BCUT2D eigenvalue weighted by Gasteiger charge is 2.60. The van der Waals surface area contributed by atoms with Crippen LogP contribution in [0.4, 0.5) is 0 Å². The van der Waals surface area contributed by atoms with Crippen molar-refractivity contribution in [2.75, 3.05) is 0 Å². The molecule has 0 aliphatic heterocycles. The summed E-state index contributed by atoms with van der Waals surface area (Å²) in [5, 5.41) is 16.0. The summed E-state index contributed by atoms with van der Waals surface area (Å²) in [5.74, 6) is 3.09. The summed E-state index contributed by atoms with van der Waals surface area (Å²) >= 11 is 0.